The highest BCUT2D eigenvalue weighted by molar-refractivity contribution is 5.95. The molecule has 0 spiro atoms. The number of nitrogens with zero attached hydrogens (tertiary/aromatic N) is 3. The van der Waals surface area contributed by atoms with E-state index in [0.717, 1.165) is 31.2 Å². The van der Waals surface area contributed by atoms with Gasteiger partial charge in [-0.1, -0.05) is 32.8 Å². The molecule has 2 aliphatic heterocycles. The van der Waals surface area contributed by atoms with E-state index in [1.807, 2.05) is 28.0 Å². The van der Waals surface area contributed by atoms with Crippen molar-refractivity contribution < 1.29 is 33.0 Å². The first-order chi connectivity index (χ1) is 20.8. The normalized spacial score (nSPS) is 19.7. The van der Waals surface area contributed by atoms with Gasteiger partial charge in [0.05, 0.1) is 18.7 Å². The van der Waals surface area contributed by atoms with Gasteiger partial charge in [-0.05, 0) is 67.6 Å². The summed E-state index contributed by atoms with van der Waals surface area (Å²) in [7, 11) is 0. The van der Waals surface area contributed by atoms with E-state index >= 15 is 0 Å². The number of ether oxygens (including phenoxy) is 2. The first-order valence-electron chi connectivity index (χ1n) is 15.1. The zero-order chi connectivity index (χ0) is 30.5. The number of fused-ring (bicyclic) bond motifs is 1. The van der Waals surface area contributed by atoms with Gasteiger partial charge < -0.3 is 23.9 Å². The van der Waals surface area contributed by atoms with Crippen LogP contribution in [-0.4, -0.2) is 58.8 Å². The van der Waals surface area contributed by atoms with Gasteiger partial charge in [-0.15, -0.1) is 0 Å². The van der Waals surface area contributed by atoms with E-state index in [1.165, 1.54) is 12.3 Å². The van der Waals surface area contributed by atoms with Crippen molar-refractivity contribution in [2.24, 2.45) is 5.92 Å². The van der Waals surface area contributed by atoms with E-state index in [9.17, 15) is 19.1 Å². The number of benzene rings is 2. The quantitative estimate of drug-likeness (QED) is 0.259. The minimum atomic E-state index is -0.920. The smallest absolute Gasteiger partial charge is 0.308 e. The third kappa shape index (κ3) is 6.69. The van der Waals surface area contributed by atoms with Crippen LogP contribution in [0.25, 0.3) is 0 Å². The lowest BCUT2D eigenvalue weighted by atomic mass is 9.83. The molecule has 43 heavy (non-hydrogen) atoms. The summed E-state index contributed by atoms with van der Waals surface area (Å²) in [5.74, 6) is -0.774. The monoisotopic (exact) mass is 593 g/mol. The number of carboxylic acid groups (broad SMARTS) is 1. The molecule has 1 saturated heterocycles. The Hall–Kier alpha value is -3.92. The van der Waals surface area contributed by atoms with Crippen LogP contribution in [0.2, 0.25) is 0 Å². The van der Waals surface area contributed by atoms with Gasteiger partial charge in [0, 0.05) is 36.7 Å². The number of rotatable bonds is 13. The summed E-state index contributed by atoms with van der Waals surface area (Å²) in [5.41, 5.74) is 1.96. The number of aliphatic carboxylic acids is 1. The Bertz CT molecular complexity index is 1410. The second kappa shape index (κ2) is 13.6. The van der Waals surface area contributed by atoms with E-state index in [0.29, 0.717) is 48.0 Å². The number of oxazole rings is 1. The SMILES string of the molecule is CCCC(CCC)N(C(=O)CN1CC(c2ccc3c(c2)OCO3)C(C(=O)O)C1CCc1ncco1)c1ccc(F)c(C)c1. The molecule has 3 heterocycles. The third-order valence-corrected chi connectivity index (χ3v) is 8.63. The van der Waals surface area contributed by atoms with Crippen LogP contribution in [0.15, 0.2) is 53.3 Å². The molecule has 3 aromatic rings. The molecule has 3 unspecified atom stereocenters. The number of amides is 1. The average molecular weight is 594 g/mol. The van der Waals surface area contributed by atoms with Crippen LogP contribution in [-0.2, 0) is 16.0 Å². The maximum atomic E-state index is 14.3. The second-order valence-electron chi connectivity index (χ2n) is 11.5. The Morgan fingerprint density at radius 1 is 1.12 bits per heavy atom. The molecule has 5 rings (SSSR count). The summed E-state index contributed by atoms with van der Waals surface area (Å²) in [6.07, 6.45) is 7.36. The highest BCUT2D eigenvalue weighted by Gasteiger charge is 2.47. The Kier molecular flexibility index (Phi) is 9.65. The van der Waals surface area contributed by atoms with Gasteiger partial charge in [0.1, 0.15) is 12.1 Å². The number of carbonyl (C=O) groups is 2. The van der Waals surface area contributed by atoms with Crippen LogP contribution in [0.1, 0.15) is 68.9 Å². The molecule has 0 radical (unpaired) electrons. The summed E-state index contributed by atoms with van der Waals surface area (Å²) in [5, 5.41) is 10.5. The summed E-state index contributed by atoms with van der Waals surface area (Å²) in [4.78, 5) is 35.2. The number of likely N-dealkylation sites (tertiary alicyclic amines) is 1. The van der Waals surface area contributed by atoms with Gasteiger partial charge in [0.15, 0.2) is 17.4 Å². The lowest BCUT2D eigenvalue weighted by Crippen LogP contribution is -2.48. The molecule has 0 aliphatic carbocycles. The zero-order valence-electron chi connectivity index (χ0n) is 25.0. The molecule has 10 heteroatoms. The highest BCUT2D eigenvalue weighted by atomic mass is 19.1. The predicted molar refractivity (Wildman–Crippen MR) is 159 cm³/mol. The van der Waals surface area contributed by atoms with E-state index in [1.54, 1.807) is 25.3 Å². The van der Waals surface area contributed by atoms with E-state index in [2.05, 4.69) is 18.8 Å². The lowest BCUT2D eigenvalue weighted by Gasteiger charge is -2.35. The van der Waals surface area contributed by atoms with Crippen molar-refractivity contribution in [2.75, 3.05) is 24.8 Å². The van der Waals surface area contributed by atoms with Gasteiger partial charge in [0.25, 0.3) is 0 Å². The molecule has 1 fully saturated rings. The molecule has 9 nitrogen and oxygen atoms in total. The topological polar surface area (TPSA) is 105 Å². The van der Waals surface area contributed by atoms with Crippen molar-refractivity contribution in [3.05, 3.63) is 71.7 Å². The number of aromatic nitrogens is 1. The number of hydrogen-bond donors (Lipinski definition) is 1. The molecule has 3 atom stereocenters. The number of hydrogen-bond acceptors (Lipinski definition) is 7. The minimum Gasteiger partial charge on any atom is -0.481 e. The Morgan fingerprint density at radius 3 is 2.56 bits per heavy atom. The molecular weight excluding hydrogens is 553 g/mol. The molecule has 2 aliphatic rings. The molecule has 1 amide bonds. The van der Waals surface area contributed by atoms with Crippen molar-refractivity contribution in [1.82, 2.24) is 9.88 Å². The van der Waals surface area contributed by atoms with Crippen LogP contribution >= 0.6 is 0 Å². The average Bonchev–Trinajstić information content (AvgIpc) is 3.74. The maximum Gasteiger partial charge on any atom is 0.308 e. The number of halogens is 1. The van der Waals surface area contributed by atoms with Gasteiger partial charge >= 0.3 is 5.97 Å². The number of aryl methyl sites for hydroxylation is 2. The number of carbonyl (C=O) groups excluding carboxylic acids is 1. The van der Waals surface area contributed by atoms with Crippen LogP contribution in [0.3, 0.4) is 0 Å². The second-order valence-corrected chi connectivity index (χ2v) is 11.5. The first-order valence-corrected chi connectivity index (χ1v) is 15.1. The predicted octanol–water partition coefficient (Wildman–Crippen LogP) is 5.95. The number of anilines is 1. The van der Waals surface area contributed by atoms with Gasteiger partial charge in [0.2, 0.25) is 12.7 Å². The van der Waals surface area contributed by atoms with Crippen molar-refractivity contribution in [2.45, 2.75) is 77.3 Å². The van der Waals surface area contributed by atoms with Crippen molar-refractivity contribution in [1.29, 1.82) is 0 Å². The van der Waals surface area contributed by atoms with Gasteiger partial charge in [-0.25, -0.2) is 9.37 Å². The molecule has 1 N–H and O–H groups in total. The first kappa shape index (κ1) is 30.5. The van der Waals surface area contributed by atoms with E-state index < -0.39 is 17.9 Å². The summed E-state index contributed by atoms with van der Waals surface area (Å²) >= 11 is 0. The van der Waals surface area contributed by atoms with Crippen LogP contribution in [0.5, 0.6) is 11.5 Å². The number of carboxylic acids is 1. The molecule has 0 bridgehead atoms. The molecule has 1 aromatic heterocycles. The Morgan fingerprint density at radius 2 is 1.88 bits per heavy atom. The lowest BCUT2D eigenvalue weighted by molar-refractivity contribution is -0.143. The van der Waals surface area contributed by atoms with Crippen LogP contribution in [0.4, 0.5) is 10.1 Å². The largest absolute Gasteiger partial charge is 0.481 e. The summed E-state index contributed by atoms with van der Waals surface area (Å²) in [6.45, 7) is 6.41. The fourth-order valence-corrected chi connectivity index (χ4v) is 6.64. The molecule has 0 saturated carbocycles. The van der Waals surface area contributed by atoms with Crippen molar-refractivity contribution in [3.63, 3.8) is 0 Å². The highest BCUT2D eigenvalue weighted by Crippen LogP contribution is 2.43. The Balaban J connectivity index is 1.48. The molecular formula is C33H40FN3O6. The maximum absolute atomic E-state index is 14.3. The fraction of sp³-hybridized carbons (Fsp3) is 0.485. The zero-order valence-corrected chi connectivity index (χ0v) is 25.0. The third-order valence-electron chi connectivity index (χ3n) is 8.63. The summed E-state index contributed by atoms with van der Waals surface area (Å²) < 4.78 is 30.8. The van der Waals surface area contributed by atoms with Gasteiger partial charge in [-0.2, -0.15) is 0 Å². The standard InChI is InChI=1S/C33H40FN3O6/c1-4-6-23(7-5-2)37(24-9-10-26(34)21(3)16-24)31(38)19-36-18-25(22-8-12-28-29(17-22)43-20-42-28)32(33(39)40)27(36)11-13-30-35-14-15-41-30/h8-10,12,14-17,23,25,27,32H,4-7,11,13,18-20H2,1-3H3,(H,39,40). The van der Waals surface area contributed by atoms with Gasteiger partial charge in [-0.3, -0.25) is 14.5 Å². The Labute approximate surface area is 251 Å². The van der Waals surface area contributed by atoms with Crippen LogP contribution < -0.4 is 14.4 Å². The molecule has 230 valence electrons. The fourth-order valence-electron chi connectivity index (χ4n) is 6.64. The van der Waals surface area contributed by atoms with Crippen molar-refractivity contribution >= 4 is 17.6 Å². The van der Waals surface area contributed by atoms with Crippen molar-refractivity contribution in [3.8, 4) is 11.5 Å². The molecule has 2 aromatic carbocycles. The summed E-state index contributed by atoms with van der Waals surface area (Å²) in [6, 6.07) is 9.85. The minimum absolute atomic E-state index is 0.0292. The van der Waals surface area contributed by atoms with E-state index in [4.69, 9.17) is 13.9 Å². The van der Waals surface area contributed by atoms with Crippen LogP contribution in [0, 0.1) is 18.7 Å². The van der Waals surface area contributed by atoms with E-state index in [-0.39, 0.29) is 37.0 Å².